The van der Waals surface area contributed by atoms with Gasteiger partial charge in [-0.3, -0.25) is 9.59 Å². The molecule has 134 valence electrons. The standard InChI is InChI=1S/C19H14N4O2S2/c24-17(8-12-4-2-1-3-5-12)23-19-22-14-7-6-13(9-16(14)27-19)21-18(25)15-10-26-11-20-15/h1-7,9-11H,8H2,(H,21,25)(H,22,23,24). The van der Waals surface area contributed by atoms with Gasteiger partial charge in [0.25, 0.3) is 5.91 Å². The van der Waals surface area contributed by atoms with Gasteiger partial charge in [0.2, 0.25) is 5.91 Å². The molecule has 0 fully saturated rings. The fraction of sp³-hybridized carbons (Fsp3) is 0.0526. The molecule has 4 rings (SSSR count). The SMILES string of the molecule is O=C(Cc1ccccc1)Nc1nc2ccc(NC(=O)c3cscn3)cc2s1. The summed E-state index contributed by atoms with van der Waals surface area (Å²) in [6, 6.07) is 15.0. The van der Waals surface area contributed by atoms with Crippen LogP contribution in [0.4, 0.5) is 10.8 Å². The van der Waals surface area contributed by atoms with E-state index in [1.807, 2.05) is 42.5 Å². The lowest BCUT2D eigenvalue weighted by Crippen LogP contribution is -2.13. The van der Waals surface area contributed by atoms with E-state index in [1.54, 1.807) is 17.0 Å². The number of benzene rings is 2. The van der Waals surface area contributed by atoms with E-state index in [2.05, 4.69) is 20.6 Å². The molecule has 0 saturated heterocycles. The number of nitrogens with one attached hydrogen (secondary N) is 2. The van der Waals surface area contributed by atoms with Crippen LogP contribution in [0.5, 0.6) is 0 Å². The van der Waals surface area contributed by atoms with Crippen molar-refractivity contribution in [2.24, 2.45) is 0 Å². The fourth-order valence-corrected chi connectivity index (χ4v) is 3.97. The quantitative estimate of drug-likeness (QED) is 0.532. The van der Waals surface area contributed by atoms with E-state index in [4.69, 9.17) is 0 Å². The number of carbonyl (C=O) groups is 2. The Labute approximate surface area is 162 Å². The summed E-state index contributed by atoms with van der Waals surface area (Å²) < 4.78 is 0.876. The lowest BCUT2D eigenvalue weighted by molar-refractivity contribution is -0.115. The largest absolute Gasteiger partial charge is 0.321 e. The van der Waals surface area contributed by atoms with Crippen molar-refractivity contribution in [2.75, 3.05) is 10.6 Å². The molecule has 8 heteroatoms. The van der Waals surface area contributed by atoms with Gasteiger partial charge in [-0.05, 0) is 23.8 Å². The average molecular weight is 394 g/mol. The highest BCUT2D eigenvalue weighted by Gasteiger charge is 2.11. The van der Waals surface area contributed by atoms with Crippen molar-refractivity contribution >= 4 is 55.5 Å². The summed E-state index contributed by atoms with van der Waals surface area (Å²) in [7, 11) is 0. The molecule has 0 saturated carbocycles. The molecular weight excluding hydrogens is 380 g/mol. The second kappa shape index (κ2) is 7.65. The van der Waals surface area contributed by atoms with Gasteiger partial charge in [0.15, 0.2) is 5.13 Å². The maximum Gasteiger partial charge on any atom is 0.275 e. The van der Waals surface area contributed by atoms with E-state index in [-0.39, 0.29) is 11.8 Å². The van der Waals surface area contributed by atoms with E-state index in [9.17, 15) is 9.59 Å². The summed E-state index contributed by atoms with van der Waals surface area (Å²) in [4.78, 5) is 32.7. The van der Waals surface area contributed by atoms with Gasteiger partial charge in [0.1, 0.15) is 5.69 Å². The molecular formula is C19H14N4O2S2. The van der Waals surface area contributed by atoms with E-state index >= 15 is 0 Å². The highest BCUT2D eigenvalue weighted by Crippen LogP contribution is 2.28. The van der Waals surface area contributed by atoms with Gasteiger partial charge < -0.3 is 10.6 Å². The van der Waals surface area contributed by atoms with Crippen molar-refractivity contribution in [3.05, 3.63) is 70.7 Å². The summed E-state index contributed by atoms with van der Waals surface area (Å²) in [5, 5.41) is 7.88. The van der Waals surface area contributed by atoms with Gasteiger partial charge in [-0.25, -0.2) is 9.97 Å². The lowest BCUT2D eigenvalue weighted by Gasteiger charge is -2.02. The van der Waals surface area contributed by atoms with E-state index in [0.717, 1.165) is 15.8 Å². The Balaban J connectivity index is 1.46. The normalized spacial score (nSPS) is 10.7. The smallest absolute Gasteiger partial charge is 0.275 e. The van der Waals surface area contributed by atoms with Gasteiger partial charge in [-0.15, -0.1) is 11.3 Å². The van der Waals surface area contributed by atoms with Gasteiger partial charge in [0, 0.05) is 11.1 Å². The molecule has 0 aliphatic carbocycles. The summed E-state index contributed by atoms with van der Waals surface area (Å²) >= 11 is 2.74. The topological polar surface area (TPSA) is 84.0 Å². The van der Waals surface area contributed by atoms with Crippen LogP contribution in [0.15, 0.2) is 59.4 Å². The van der Waals surface area contributed by atoms with Crippen LogP contribution < -0.4 is 10.6 Å². The minimum Gasteiger partial charge on any atom is -0.321 e. The maximum atomic E-state index is 12.2. The molecule has 0 radical (unpaired) electrons. The summed E-state index contributed by atoms with van der Waals surface area (Å²) in [5.74, 6) is -0.367. The van der Waals surface area contributed by atoms with Crippen molar-refractivity contribution in [1.29, 1.82) is 0 Å². The Hall–Kier alpha value is -3.10. The highest BCUT2D eigenvalue weighted by molar-refractivity contribution is 7.22. The van der Waals surface area contributed by atoms with Crippen molar-refractivity contribution in [2.45, 2.75) is 6.42 Å². The zero-order valence-electron chi connectivity index (χ0n) is 14.0. The van der Waals surface area contributed by atoms with Crippen molar-refractivity contribution in [1.82, 2.24) is 9.97 Å². The molecule has 0 bridgehead atoms. The molecule has 6 nitrogen and oxygen atoms in total. The third kappa shape index (κ3) is 4.18. The summed E-state index contributed by atoms with van der Waals surface area (Å²) in [5.41, 5.74) is 4.38. The van der Waals surface area contributed by atoms with Crippen LogP contribution in [0, 0.1) is 0 Å². The van der Waals surface area contributed by atoms with Gasteiger partial charge in [-0.1, -0.05) is 41.7 Å². The summed E-state index contributed by atoms with van der Waals surface area (Å²) in [6.07, 6.45) is 0.297. The molecule has 0 aliphatic heterocycles. The Morgan fingerprint density at radius 2 is 1.89 bits per heavy atom. The van der Waals surface area contributed by atoms with Crippen molar-refractivity contribution in [3.8, 4) is 0 Å². The van der Waals surface area contributed by atoms with Crippen molar-refractivity contribution in [3.63, 3.8) is 0 Å². The number of rotatable bonds is 5. The minimum absolute atomic E-state index is 0.114. The third-order valence-electron chi connectivity index (χ3n) is 3.77. The maximum absolute atomic E-state index is 12.2. The number of amides is 2. The molecule has 2 aromatic carbocycles. The first-order valence-electron chi connectivity index (χ1n) is 8.11. The summed E-state index contributed by atoms with van der Waals surface area (Å²) in [6.45, 7) is 0. The van der Waals surface area contributed by atoms with Crippen LogP contribution in [-0.4, -0.2) is 21.8 Å². The number of carbonyl (C=O) groups excluding carboxylic acids is 2. The Morgan fingerprint density at radius 3 is 2.67 bits per heavy atom. The zero-order valence-corrected chi connectivity index (χ0v) is 15.6. The predicted octanol–water partition coefficient (Wildman–Crippen LogP) is 4.19. The first-order chi connectivity index (χ1) is 13.2. The lowest BCUT2D eigenvalue weighted by atomic mass is 10.1. The molecule has 27 heavy (non-hydrogen) atoms. The fourth-order valence-electron chi connectivity index (χ4n) is 2.52. The second-order valence-electron chi connectivity index (χ2n) is 5.74. The molecule has 0 aliphatic rings. The predicted molar refractivity (Wildman–Crippen MR) is 108 cm³/mol. The van der Waals surface area contributed by atoms with Crippen molar-refractivity contribution < 1.29 is 9.59 Å². The highest BCUT2D eigenvalue weighted by atomic mass is 32.1. The Kier molecular flexibility index (Phi) is 4.91. The van der Waals surface area contributed by atoms with Crippen LogP contribution in [0.2, 0.25) is 0 Å². The number of hydrogen-bond donors (Lipinski definition) is 2. The number of anilines is 2. The Bertz CT molecular complexity index is 1090. The zero-order chi connectivity index (χ0) is 18.6. The third-order valence-corrected chi connectivity index (χ3v) is 5.29. The molecule has 0 atom stereocenters. The van der Waals surface area contributed by atoms with Crippen LogP contribution in [0.25, 0.3) is 10.2 Å². The van der Waals surface area contributed by atoms with Gasteiger partial charge >= 0.3 is 0 Å². The van der Waals surface area contributed by atoms with Gasteiger partial charge in [-0.2, -0.15) is 0 Å². The van der Waals surface area contributed by atoms with Crippen LogP contribution >= 0.6 is 22.7 Å². The van der Waals surface area contributed by atoms with Crippen LogP contribution in [0.3, 0.4) is 0 Å². The first-order valence-corrected chi connectivity index (χ1v) is 9.87. The molecule has 4 aromatic rings. The molecule has 2 aromatic heterocycles. The van der Waals surface area contributed by atoms with E-state index < -0.39 is 0 Å². The molecule has 2 N–H and O–H groups in total. The minimum atomic E-state index is -0.253. The monoisotopic (exact) mass is 394 g/mol. The number of aromatic nitrogens is 2. The van der Waals surface area contributed by atoms with Gasteiger partial charge in [0.05, 0.1) is 22.1 Å². The van der Waals surface area contributed by atoms with Crippen LogP contribution in [0.1, 0.15) is 16.1 Å². The van der Waals surface area contributed by atoms with E-state index in [0.29, 0.717) is 22.9 Å². The molecule has 2 heterocycles. The number of hydrogen-bond acceptors (Lipinski definition) is 6. The molecule has 0 spiro atoms. The average Bonchev–Trinajstić information content (AvgIpc) is 3.31. The number of nitrogens with zero attached hydrogens (tertiary/aromatic N) is 2. The van der Waals surface area contributed by atoms with E-state index in [1.165, 1.54) is 22.7 Å². The molecule has 2 amide bonds. The second-order valence-corrected chi connectivity index (χ2v) is 7.49. The van der Waals surface area contributed by atoms with Crippen LogP contribution in [-0.2, 0) is 11.2 Å². The number of thiazole rings is 2. The Morgan fingerprint density at radius 1 is 1.04 bits per heavy atom. The number of fused-ring (bicyclic) bond motifs is 1. The first kappa shape index (κ1) is 17.3. The molecule has 0 unspecified atom stereocenters.